The van der Waals surface area contributed by atoms with Crippen molar-refractivity contribution in [2.75, 3.05) is 36.4 Å². The lowest BCUT2D eigenvalue weighted by atomic mass is 9.70. The van der Waals surface area contributed by atoms with Crippen LogP contribution in [0.5, 0.6) is 5.75 Å². The SMILES string of the molecule is CC1(C)Oc2ccc(Cl)cc2[C@H]2O[C@H]3CCN(CC(=O)N4CC(=O)Nc5ccccc54)C[C@H]3C[C@@H]21. The highest BCUT2D eigenvalue weighted by Gasteiger charge is 2.51. The van der Waals surface area contributed by atoms with Gasteiger partial charge in [0, 0.05) is 29.6 Å². The molecule has 0 saturated carbocycles. The number of benzene rings is 2. The normalized spacial score (nSPS) is 29.1. The molecule has 0 spiro atoms. The molecular weight excluding hydrogens is 466 g/mol. The Balaban J connectivity index is 1.17. The van der Waals surface area contributed by atoms with Gasteiger partial charge in [0.2, 0.25) is 11.8 Å². The minimum atomic E-state index is -0.362. The van der Waals surface area contributed by atoms with Crippen LogP contribution < -0.4 is 15.0 Å². The second-order valence-electron chi connectivity index (χ2n) is 10.7. The molecular formula is C27H30ClN3O4. The van der Waals surface area contributed by atoms with Crippen LogP contribution >= 0.6 is 11.6 Å². The first-order valence-corrected chi connectivity index (χ1v) is 12.7. The molecule has 4 atom stereocenters. The largest absolute Gasteiger partial charge is 0.487 e. The summed E-state index contributed by atoms with van der Waals surface area (Å²) in [6, 6.07) is 13.2. The van der Waals surface area contributed by atoms with E-state index >= 15 is 0 Å². The summed E-state index contributed by atoms with van der Waals surface area (Å²) < 4.78 is 13.1. The van der Waals surface area contributed by atoms with E-state index in [2.05, 4.69) is 24.1 Å². The van der Waals surface area contributed by atoms with E-state index in [1.54, 1.807) is 4.90 Å². The number of ether oxygens (including phenoxy) is 2. The predicted octanol–water partition coefficient (Wildman–Crippen LogP) is 4.26. The number of amides is 2. The van der Waals surface area contributed by atoms with E-state index in [0.29, 0.717) is 16.6 Å². The molecule has 0 unspecified atom stereocenters. The zero-order valence-corrected chi connectivity index (χ0v) is 20.8. The molecule has 4 heterocycles. The van der Waals surface area contributed by atoms with Crippen LogP contribution in [-0.4, -0.2) is 54.6 Å². The van der Waals surface area contributed by atoms with Crippen molar-refractivity contribution in [1.82, 2.24) is 4.90 Å². The fourth-order valence-electron chi connectivity index (χ4n) is 6.23. The summed E-state index contributed by atoms with van der Waals surface area (Å²) in [6.45, 7) is 6.19. The molecule has 1 N–H and O–H groups in total. The summed E-state index contributed by atoms with van der Waals surface area (Å²) in [6.07, 6.45) is 1.94. The Kier molecular flexibility index (Phi) is 5.55. The molecule has 0 aromatic heterocycles. The van der Waals surface area contributed by atoms with E-state index in [1.807, 2.05) is 42.5 Å². The third kappa shape index (κ3) is 4.09. The number of fused-ring (bicyclic) bond motifs is 5. The third-order valence-electron chi connectivity index (χ3n) is 7.97. The summed E-state index contributed by atoms with van der Waals surface area (Å²) in [4.78, 5) is 29.3. The van der Waals surface area contributed by atoms with E-state index in [0.717, 1.165) is 42.9 Å². The molecule has 2 amide bonds. The average molecular weight is 496 g/mol. The van der Waals surface area contributed by atoms with Crippen LogP contribution in [0.3, 0.4) is 0 Å². The quantitative estimate of drug-likeness (QED) is 0.674. The average Bonchev–Trinajstić information content (AvgIpc) is 2.83. The van der Waals surface area contributed by atoms with Gasteiger partial charge in [-0.15, -0.1) is 0 Å². The van der Waals surface area contributed by atoms with Gasteiger partial charge in [0.05, 0.1) is 30.1 Å². The van der Waals surface area contributed by atoms with Gasteiger partial charge in [0.15, 0.2) is 0 Å². The first kappa shape index (κ1) is 22.8. The van der Waals surface area contributed by atoms with Crippen molar-refractivity contribution in [2.45, 2.75) is 44.5 Å². The van der Waals surface area contributed by atoms with Gasteiger partial charge in [-0.1, -0.05) is 23.7 Å². The number of carbonyl (C=O) groups is 2. The highest BCUT2D eigenvalue weighted by molar-refractivity contribution is 6.30. The molecule has 8 heteroatoms. The number of anilines is 2. The number of halogens is 1. The Bertz CT molecular complexity index is 1180. The monoisotopic (exact) mass is 495 g/mol. The maximum Gasteiger partial charge on any atom is 0.244 e. The molecule has 4 aliphatic heterocycles. The summed E-state index contributed by atoms with van der Waals surface area (Å²) in [7, 11) is 0. The van der Waals surface area contributed by atoms with Crippen LogP contribution in [0.4, 0.5) is 11.4 Å². The molecule has 2 saturated heterocycles. The van der Waals surface area contributed by atoms with Gasteiger partial charge >= 0.3 is 0 Å². The second-order valence-corrected chi connectivity index (χ2v) is 11.1. The van der Waals surface area contributed by atoms with E-state index in [9.17, 15) is 9.59 Å². The zero-order chi connectivity index (χ0) is 24.3. The van der Waals surface area contributed by atoms with Crippen molar-refractivity contribution >= 4 is 34.8 Å². The molecule has 2 fully saturated rings. The molecule has 4 aliphatic rings. The fraction of sp³-hybridized carbons (Fsp3) is 0.481. The van der Waals surface area contributed by atoms with Gasteiger partial charge < -0.3 is 14.8 Å². The number of nitrogens with zero attached hydrogens (tertiary/aromatic N) is 2. The number of nitrogens with one attached hydrogen (secondary N) is 1. The fourth-order valence-corrected chi connectivity index (χ4v) is 6.41. The lowest BCUT2D eigenvalue weighted by Gasteiger charge is -2.53. The van der Waals surface area contributed by atoms with Crippen molar-refractivity contribution in [3.05, 3.63) is 53.1 Å². The van der Waals surface area contributed by atoms with Crippen molar-refractivity contribution in [3.63, 3.8) is 0 Å². The van der Waals surface area contributed by atoms with Crippen LogP contribution in [-0.2, 0) is 14.3 Å². The van der Waals surface area contributed by atoms with Crippen LogP contribution in [0.1, 0.15) is 38.4 Å². The molecule has 6 rings (SSSR count). The summed E-state index contributed by atoms with van der Waals surface area (Å²) in [5, 5.41) is 3.54. The number of carbonyl (C=O) groups excluding carboxylic acids is 2. The van der Waals surface area contributed by atoms with Gasteiger partial charge in [0.25, 0.3) is 0 Å². The number of piperidine rings is 1. The van der Waals surface area contributed by atoms with E-state index in [1.165, 1.54) is 0 Å². The summed E-state index contributed by atoms with van der Waals surface area (Å²) >= 11 is 6.31. The smallest absolute Gasteiger partial charge is 0.244 e. The zero-order valence-electron chi connectivity index (χ0n) is 20.0. The number of para-hydroxylation sites is 2. The summed E-state index contributed by atoms with van der Waals surface area (Å²) in [5.41, 5.74) is 2.12. The third-order valence-corrected chi connectivity index (χ3v) is 8.20. The molecule has 0 bridgehead atoms. The van der Waals surface area contributed by atoms with E-state index < -0.39 is 0 Å². The molecule has 0 aliphatic carbocycles. The topological polar surface area (TPSA) is 71.1 Å². The molecule has 35 heavy (non-hydrogen) atoms. The van der Waals surface area contributed by atoms with Crippen molar-refractivity contribution in [3.8, 4) is 5.75 Å². The van der Waals surface area contributed by atoms with Gasteiger partial charge in [-0.2, -0.15) is 0 Å². The van der Waals surface area contributed by atoms with Gasteiger partial charge in [0.1, 0.15) is 17.9 Å². The Morgan fingerprint density at radius 1 is 1.23 bits per heavy atom. The van der Waals surface area contributed by atoms with E-state index in [4.69, 9.17) is 21.1 Å². The number of rotatable bonds is 2. The number of likely N-dealkylation sites (tertiary alicyclic amines) is 1. The molecule has 0 radical (unpaired) electrons. The van der Waals surface area contributed by atoms with Crippen molar-refractivity contribution < 1.29 is 19.1 Å². The maximum atomic E-state index is 13.3. The van der Waals surface area contributed by atoms with Gasteiger partial charge in [-0.3, -0.25) is 19.4 Å². The van der Waals surface area contributed by atoms with Crippen molar-refractivity contribution in [2.24, 2.45) is 11.8 Å². The molecule has 2 aromatic rings. The summed E-state index contributed by atoms with van der Waals surface area (Å²) in [5.74, 6) is 1.15. The molecule has 184 valence electrons. The Morgan fingerprint density at radius 3 is 2.91 bits per heavy atom. The Labute approximate surface area is 210 Å². The van der Waals surface area contributed by atoms with Crippen LogP contribution in [0.25, 0.3) is 0 Å². The lowest BCUT2D eigenvalue weighted by molar-refractivity contribution is -0.187. The first-order valence-electron chi connectivity index (χ1n) is 12.3. The van der Waals surface area contributed by atoms with Crippen LogP contribution in [0, 0.1) is 11.8 Å². The second kappa shape index (κ2) is 8.50. The standard InChI is InChI=1S/C27H30ClN3O4/c1-27(2)19-11-16-13-30(15-25(33)31-14-24(32)29-20-5-3-4-6-21(20)31)10-9-22(16)34-26(19)18-12-17(28)7-8-23(18)35-27/h3-8,12,16,19,22,26H,9-11,13-15H2,1-2H3,(H,29,32)/t16-,19+,22+,26-/m1/s1. The molecule has 2 aromatic carbocycles. The minimum absolute atomic E-state index is 0.0368. The highest BCUT2D eigenvalue weighted by atomic mass is 35.5. The highest BCUT2D eigenvalue weighted by Crippen LogP contribution is 2.53. The van der Waals surface area contributed by atoms with Gasteiger partial charge in [-0.05, 0) is 62.9 Å². The predicted molar refractivity (Wildman–Crippen MR) is 134 cm³/mol. The van der Waals surface area contributed by atoms with Crippen LogP contribution in [0.2, 0.25) is 5.02 Å². The number of hydrogen-bond donors (Lipinski definition) is 1. The molecule has 7 nitrogen and oxygen atoms in total. The Hall–Kier alpha value is -2.61. The Morgan fingerprint density at radius 2 is 2.06 bits per heavy atom. The van der Waals surface area contributed by atoms with Crippen LogP contribution in [0.15, 0.2) is 42.5 Å². The number of hydrogen-bond acceptors (Lipinski definition) is 5. The first-order chi connectivity index (χ1) is 16.8. The van der Waals surface area contributed by atoms with Crippen molar-refractivity contribution in [1.29, 1.82) is 0 Å². The lowest BCUT2D eigenvalue weighted by Crippen LogP contribution is -2.56. The van der Waals surface area contributed by atoms with Gasteiger partial charge in [-0.25, -0.2) is 0 Å². The van der Waals surface area contributed by atoms with E-state index in [-0.39, 0.29) is 48.6 Å². The minimum Gasteiger partial charge on any atom is -0.487 e. The maximum absolute atomic E-state index is 13.3.